The molecule has 1 unspecified atom stereocenters. The predicted molar refractivity (Wildman–Crippen MR) is 76.9 cm³/mol. The lowest BCUT2D eigenvalue weighted by Gasteiger charge is -2.16. The van der Waals surface area contributed by atoms with Crippen molar-refractivity contribution in [3.05, 3.63) is 23.8 Å². The van der Waals surface area contributed by atoms with Crippen LogP contribution in [0.5, 0.6) is 11.5 Å². The molecule has 5 nitrogen and oxygen atoms in total. The molecule has 0 aliphatic carbocycles. The minimum atomic E-state index is -0.331. The van der Waals surface area contributed by atoms with Crippen LogP contribution in [0, 0.1) is 0 Å². The first-order chi connectivity index (χ1) is 10.1. The highest BCUT2D eigenvalue weighted by Gasteiger charge is 2.23. The maximum atomic E-state index is 11.7. The Morgan fingerprint density at radius 2 is 2.05 bits per heavy atom. The number of carbonyl (C=O) groups is 2. The van der Waals surface area contributed by atoms with Crippen LogP contribution in [-0.2, 0) is 14.3 Å². The SMILES string of the molecule is CCOC(=O)CC(CC(=O)CCl)c1ccc2c(c1)OCO2. The summed E-state index contributed by atoms with van der Waals surface area (Å²) in [6, 6.07) is 5.41. The molecule has 1 heterocycles. The molecule has 0 spiro atoms. The third-order valence-corrected chi connectivity index (χ3v) is 3.51. The van der Waals surface area contributed by atoms with Crippen LogP contribution in [0.25, 0.3) is 0 Å². The molecule has 0 fully saturated rings. The summed E-state index contributed by atoms with van der Waals surface area (Å²) in [5, 5.41) is 0. The lowest BCUT2D eigenvalue weighted by Crippen LogP contribution is -2.14. The van der Waals surface area contributed by atoms with Gasteiger partial charge < -0.3 is 14.2 Å². The van der Waals surface area contributed by atoms with Gasteiger partial charge in [0.15, 0.2) is 11.5 Å². The van der Waals surface area contributed by atoms with E-state index in [9.17, 15) is 9.59 Å². The second-order valence-corrected chi connectivity index (χ2v) is 4.96. The Morgan fingerprint density at radius 3 is 2.76 bits per heavy atom. The van der Waals surface area contributed by atoms with Gasteiger partial charge in [-0.15, -0.1) is 11.6 Å². The molecule has 114 valence electrons. The molecule has 0 radical (unpaired) electrons. The Hall–Kier alpha value is -1.75. The second kappa shape index (κ2) is 7.31. The first-order valence-corrected chi connectivity index (χ1v) is 7.30. The van der Waals surface area contributed by atoms with E-state index in [2.05, 4.69) is 0 Å². The Morgan fingerprint density at radius 1 is 1.29 bits per heavy atom. The third-order valence-electron chi connectivity index (χ3n) is 3.21. The summed E-state index contributed by atoms with van der Waals surface area (Å²) in [7, 11) is 0. The number of rotatable bonds is 7. The van der Waals surface area contributed by atoms with Gasteiger partial charge in [0.1, 0.15) is 5.78 Å². The average Bonchev–Trinajstić information content (AvgIpc) is 2.94. The van der Waals surface area contributed by atoms with Crippen LogP contribution in [0.15, 0.2) is 18.2 Å². The zero-order chi connectivity index (χ0) is 15.2. The number of esters is 1. The van der Waals surface area contributed by atoms with Crippen molar-refractivity contribution in [1.82, 2.24) is 0 Å². The number of ether oxygens (including phenoxy) is 3. The fourth-order valence-corrected chi connectivity index (χ4v) is 2.33. The van der Waals surface area contributed by atoms with E-state index in [1.54, 1.807) is 19.1 Å². The van der Waals surface area contributed by atoms with Gasteiger partial charge in [0.05, 0.1) is 18.9 Å². The Labute approximate surface area is 128 Å². The molecule has 1 aliphatic rings. The normalized spacial score (nSPS) is 13.8. The smallest absolute Gasteiger partial charge is 0.306 e. The van der Waals surface area contributed by atoms with Crippen molar-refractivity contribution in [3.8, 4) is 11.5 Å². The van der Waals surface area contributed by atoms with E-state index in [-0.39, 0.29) is 43.2 Å². The molecule has 21 heavy (non-hydrogen) atoms. The summed E-state index contributed by atoms with van der Waals surface area (Å²) >= 11 is 5.56. The number of benzene rings is 1. The highest BCUT2D eigenvalue weighted by atomic mass is 35.5. The fraction of sp³-hybridized carbons (Fsp3) is 0.467. The van der Waals surface area contributed by atoms with E-state index in [4.69, 9.17) is 25.8 Å². The molecule has 0 saturated carbocycles. The minimum Gasteiger partial charge on any atom is -0.466 e. The summed E-state index contributed by atoms with van der Waals surface area (Å²) < 4.78 is 15.5. The molecule has 0 bridgehead atoms. The number of fused-ring (bicyclic) bond motifs is 1. The van der Waals surface area contributed by atoms with Gasteiger partial charge in [-0.2, -0.15) is 0 Å². The maximum Gasteiger partial charge on any atom is 0.306 e. The Kier molecular flexibility index (Phi) is 5.44. The third kappa shape index (κ3) is 4.11. The van der Waals surface area contributed by atoms with Gasteiger partial charge in [0.2, 0.25) is 6.79 Å². The number of carbonyl (C=O) groups excluding carboxylic acids is 2. The lowest BCUT2D eigenvalue weighted by molar-refractivity contribution is -0.143. The number of hydrogen-bond acceptors (Lipinski definition) is 5. The molecule has 1 atom stereocenters. The van der Waals surface area contributed by atoms with Crippen molar-refractivity contribution in [2.24, 2.45) is 0 Å². The van der Waals surface area contributed by atoms with Gasteiger partial charge >= 0.3 is 5.97 Å². The van der Waals surface area contributed by atoms with Gasteiger partial charge in [-0.1, -0.05) is 6.07 Å². The highest BCUT2D eigenvalue weighted by Crippen LogP contribution is 2.36. The number of halogens is 1. The van der Waals surface area contributed by atoms with Crippen molar-refractivity contribution in [2.75, 3.05) is 19.3 Å². The van der Waals surface area contributed by atoms with Gasteiger partial charge in [0, 0.05) is 12.3 Å². The molecule has 2 rings (SSSR count). The highest BCUT2D eigenvalue weighted by molar-refractivity contribution is 6.27. The standard InChI is InChI=1S/C15H17ClO5/c1-2-19-15(18)7-11(5-12(17)8-16)10-3-4-13-14(6-10)21-9-20-13/h3-4,6,11H,2,5,7-9H2,1H3. The number of alkyl halides is 1. The molecule has 6 heteroatoms. The van der Waals surface area contributed by atoms with Crippen LogP contribution >= 0.6 is 11.6 Å². The molecular weight excluding hydrogens is 296 g/mol. The molecular formula is C15H17ClO5. The minimum absolute atomic E-state index is 0.0656. The van der Waals surface area contributed by atoms with Crippen molar-refractivity contribution in [1.29, 1.82) is 0 Å². The molecule has 0 N–H and O–H groups in total. The predicted octanol–water partition coefficient (Wildman–Crippen LogP) is 2.65. The van der Waals surface area contributed by atoms with Gasteiger partial charge in [-0.05, 0) is 24.6 Å². The maximum absolute atomic E-state index is 11.7. The Bertz CT molecular complexity index is 529. The van der Waals surface area contributed by atoms with E-state index >= 15 is 0 Å². The summed E-state index contributed by atoms with van der Waals surface area (Å²) in [6.45, 7) is 2.25. The summed E-state index contributed by atoms with van der Waals surface area (Å²) in [6.07, 6.45) is 0.331. The molecule has 1 aliphatic heterocycles. The van der Waals surface area contributed by atoms with Gasteiger partial charge in [-0.3, -0.25) is 9.59 Å². The van der Waals surface area contributed by atoms with E-state index in [1.807, 2.05) is 6.07 Å². The van der Waals surface area contributed by atoms with Gasteiger partial charge in [-0.25, -0.2) is 0 Å². The fourth-order valence-electron chi connectivity index (χ4n) is 2.23. The van der Waals surface area contributed by atoms with Crippen molar-refractivity contribution >= 4 is 23.4 Å². The van der Waals surface area contributed by atoms with Crippen LogP contribution in [0.4, 0.5) is 0 Å². The average molecular weight is 313 g/mol. The first-order valence-electron chi connectivity index (χ1n) is 6.76. The zero-order valence-electron chi connectivity index (χ0n) is 11.8. The van der Waals surface area contributed by atoms with E-state index in [1.165, 1.54) is 0 Å². The number of ketones is 1. The van der Waals surface area contributed by atoms with Gasteiger partial charge in [0.25, 0.3) is 0 Å². The molecule has 1 aromatic rings. The van der Waals surface area contributed by atoms with Crippen LogP contribution < -0.4 is 9.47 Å². The summed E-state index contributed by atoms with van der Waals surface area (Å²) in [5.74, 6) is 0.511. The van der Waals surface area contributed by atoms with E-state index < -0.39 is 0 Å². The molecule has 0 aromatic heterocycles. The van der Waals surface area contributed by atoms with Crippen LogP contribution in [-0.4, -0.2) is 31.0 Å². The van der Waals surface area contributed by atoms with Crippen molar-refractivity contribution in [3.63, 3.8) is 0 Å². The topological polar surface area (TPSA) is 61.8 Å². The van der Waals surface area contributed by atoms with Crippen LogP contribution in [0.3, 0.4) is 0 Å². The number of Topliss-reactive ketones (excluding diaryl/α,β-unsaturated/α-hetero) is 1. The molecule has 0 saturated heterocycles. The van der Waals surface area contributed by atoms with E-state index in [0.717, 1.165) is 5.56 Å². The zero-order valence-corrected chi connectivity index (χ0v) is 12.5. The lowest BCUT2D eigenvalue weighted by atomic mass is 9.90. The number of hydrogen-bond donors (Lipinski definition) is 0. The summed E-state index contributed by atoms with van der Waals surface area (Å²) in [5.41, 5.74) is 0.839. The summed E-state index contributed by atoms with van der Waals surface area (Å²) in [4.78, 5) is 23.3. The quantitative estimate of drug-likeness (QED) is 0.572. The van der Waals surface area contributed by atoms with Crippen molar-refractivity contribution in [2.45, 2.75) is 25.7 Å². The molecule has 0 amide bonds. The van der Waals surface area contributed by atoms with Crippen molar-refractivity contribution < 1.29 is 23.8 Å². The first kappa shape index (κ1) is 15.6. The molecule has 1 aromatic carbocycles. The monoisotopic (exact) mass is 312 g/mol. The second-order valence-electron chi connectivity index (χ2n) is 4.70. The van der Waals surface area contributed by atoms with Crippen LogP contribution in [0.1, 0.15) is 31.2 Å². The Balaban J connectivity index is 2.17. The van der Waals surface area contributed by atoms with Crippen LogP contribution in [0.2, 0.25) is 0 Å². The van der Waals surface area contributed by atoms with E-state index in [0.29, 0.717) is 18.1 Å². The largest absolute Gasteiger partial charge is 0.466 e.